The molecule has 0 radical (unpaired) electrons. The van der Waals surface area contributed by atoms with Crippen molar-refractivity contribution in [1.82, 2.24) is 0 Å². The third kappa shape index (κ3) is 3.14. The minimum atomic E-state index is -0.974. The standard InChI is InChI=1S/C4H5Cl2P/c1-3-4(2)7(5)6/h1H2,2H3. The van der Waals surface area contributed by atoms with Crippen LogP contribution in [0.1, 0.15) is 6.92 Å². The third-order valence-electron chi connectivity index (χ3n) is 0.509. The molecule has 7 heavy (non-hydrogen) atoms. The van der Waals surface area contributed by atoms with E-state index in [1.54, 1.807) is 6.92 Å². The van der Waals surface area contributed by atoms with Crippen LogP contribution in [0.5, 0.6) is 0 Å². The lowest BCUT2D eigenvalue weighted by atomic mass is 10.7. The molecular weight excluding hydrogens is 150 g/mol. The molecule has 0 nitrogen and oxygen atoms in total. The van der Waals surface area contributed by atoms with E-state index in [4.69, 9.17) is 22.5 Å². The van der Waals surface area contributed by atoms with Crippen molar-refractivity contribution in [2.24, 2.45) is 0 Å². The largest absolute Gasteiger partial charge is 0.123 e. The van der Waals surface area contributed by atoms with Crippen molar-refractivity contribution in [1.29, 1.82) is 0 Å². The number of halogens is 2. The van der Waals surface area contributed by atoms with E-state index in [2.05, 4.69) is 12.3 Å². The lowest BCUT2D eigenvalue weighted by molar-refractivity contribution is 1.71. The minimum absolute atomic E-state index is 0.832. The molecule has 0 rings (SSSR count). The zero-order valence-corrected chi connectivity index (χ0v) is 6.32. The van der Waals surface area contributed by atoms with E-state index in [-0.39, 0.29) is 0 Å². The fourth-order valence-electron chi connectivity index (χ4n) is 0.0598. The molecule has 0 aliphatic heterocycles. The summed E-state index contributed by atoms with van der Waals surface area (Å²) in [6.07, 6.45) is 0. The van der Waals surface area contributed by atoms with Crippen LogP contribution in [-0.4, -0.2) is 0 Å². The van der Waals surface area contributed by atoms with Gasteiger partial charge in [0.2, 0.25) is 0 Å². The lowest BCUT2D eigenvalue weighted by Crippen LogP contribution is -1.50. The molecule has 3 heteroatoms. The molecule has 0 aromatic carbocycles. The Morgan fingerprint density at radius 2 is 2.14 bits per heavy atom. The molecule has 0 aliphatic rings. The first kappa shape index (κ1) is 7.53. The number of hydrogen-bond donors (Lipinski definition) is 0. The second kappa shape index (κ2) is 3.52. The monoisotopic (exact) mass is 154 g/mol. The molecule has 0 aliphatic carbocycles. The second-order valence-electron chi connectivity index (χ2n) is 0.995. The van der Waals surface area contributed by atoms with E-state index in [1.807, 2.05) is 0 Å². The molecular formula is C4H5Cl2P. The fourth-order valence-corrected chi connectivity index (χ4v) is 0.538. The van der Waals surface area contributed by atoms with Gasteiger partial charge in [-0.2, -0.15) is 0 Å². The molecule has 0 saturated heterocycles. The highest BCUT2D eigenvalue weighted by Crippen LogP contribution is 2.53. The summed E-state index contributed by atoms with van der Waals surface area (Å²) in [6, 6.07) is 0. The Bertz CT molecular complexity index is 102. The quantitative estimate of drug-likeness (QED) is 0.401. The van der Waals surface area contributed by atoms with Gasteiger partial charge in [-0.05, 0) is 6.92 Å². The molecule has 0 aromatic heterocycles. The van der Waals surface area contributed by atoms with Crippen LogP contribution in [-0.2, 0) is 0 Å². The van der Waals surface area contributed by atoms with E-state index in [0.717, 1.165) is 5.31 Å². The first-order chi connectivity index (χ1) is 3.18. The van der Waals surface area contributed by atoms with Gasteiger partial charge in [0.25, 0.3) is 0 Å². The van der Waals surface area contributed by atoms with Crippen LogP contribution in [0, 0.1) is 0 Å². The maximum atomic E-state index is 5.42. The average molecular weight is 155 g/mol. The number of allylic oxidation sites excluding steroid dienone is 1. The molecule has 40 valence electrons. The van der Waals surface area contributed by atoms with Gasteiger partial charge in [0.15, 0.2) is 0 Å². The summed E-state index contributed by atoms with van der Waals surface area (Å²) in [7, 11) is 0. The Balaban J connectivity index is 3.81. The maximum absolute atomic E-state index is 5.42. The molecule has 0 spiro atoms. The van der Waals surface area contributed by atoms with Crippen molar-refractivity contribution in [3.63, 3.8) is 0 Å². The number of rotatable bonds is 1. The fraction of sp³-hybridized carbons (Fsp3) is 0.250. The van der Waals surface area contributed by atoms with Crippen LogP contribution in [0.4, 0.5) is 0 Å². The Labute approximate surface area is 54.1 Å². The van der Waals surface area contributed by atoms with Crippen molar-refractivity contribution in [3.05, 3.63) is 17.6 Å². The van der Waals surface area contributed by atoms with Gasteiger partial charge < -0.3 is 0 Å². The van der Waals surface area contributed by atoms with E-state index in [9.17, 15) is 0 Å². The van der Waals surface area contributed by atoms with Crippen LogP contribution in [0.2, 0.25) is 0 Å². The highest BCUT2D eigenvalue weighted by Gasteiger charge is 1.96. The summed E-state index contributed by atoms with van der Waals surface area (Å²) in [4.78, 5) is 0. The van der Waals surface area contributed by atoms with Crippen molar-refractivity contribution in [3.8, 4) is 0 Å². The summed E-state index contributed by atoms with van der Waals surface area (Å²) in [5, 5.41) is 0.832. The zero-order chi connectivity index (χ0) is 5.86. The topological polar surface area (TPSA) is 0 Å². The van der Waals surface area contributed by atoms with Crippen LogP contribution < -0.4 is 0 Å². The molecule has 0 N–H and O–H groups in total. The second-order valence-corrected chi connectivity index (χ2v) is 4.68. The third-order valence-corrected chi connectivity index (χ3v) is 2.70. The van der Waals surface area contributed by atoms with Gasteiger partial charge in [-0.3, -0.25) is 0 Å². The van der Waals surface area contributed by atoms with Crippen LogP contribution >= 0.6 is 29.1 Å². The molecule has 0 amide bonds. The smallest absolute Gasteiger partial charge is 0.120 e. The van der Waals surface area contributed by atoms with Gasteiger partial charge in [0.1, 0.15) is 6.63 Å². The van der Waals surface area contributed by atoms with Crippen LogP contribution in [0.25, 0.3) is 0 Å². The Morgan fingerprint density at radius 3 is 2.14 bits per heavy atom. The summed E-state index contributed by atoms with van der Waals surface area (Å²) in [6.45, 7) is 4.20. The SMILES string of the molecule is C=C=C(C)P(Cl)Cl. The van der Waals surface area contributed by atoms with Gasteiger partial charge >= 0.3 is 0 Å². The minimum Gasteiger partial charge on any atom is -0.123 e. The van der Waals surface area contributed by atoms with Gasteiger partial charge in [-0.25, -0.2) is 0 Å². The lowest BCUT2D eigenvalue weighted by Gasteiger charge is -1.91. The van der Waals surface area contributed by atoms with Gasteiger partial charge in [0.05, 0.1) is 0 Å². The normalized spacial score (nSPS) is 8.57. The molecule has 0 heterocycles. The van der Waals surface area contributed by atoms with E-state index < -0.39 is 6.63 Å². The van der Waals surface area contributed by atoms with Crippen molar-refractivity contribution >= 4 is 29.1 Å². The Morgan fingerprint density at radius 1 is 1.71 bits per heavy atom. The zero-order valence-electron chi connectivity index (χ0n) is 3.91. The molecule has 0 unspecified atom stereocenters. The first-order valence-electron chi connectivity index (χ1n) is 1.67. The summed E-state index contributed by atoms with van der Waals surface area (Å²) >= 11 is 10.8. The molecule has 0 bridgehead atoms. The summed E-state index contributed by atoms with van der Waals surface area (Å²) < 4.78 is 0. The Hall–Kier alpha value is 0.530. The van der Waals surface area contributed by atoms with Crippen molar-refractivity contribution < 1.29 is 0 Å². The van der Waals surface area contributed by atoms with E-state index in [0.29, 0.717) is 0 Å². The van der Waals surface area contributed by atoms with Crippen molar-refractivity contribution in [2.45, 2.75) is 6.92 Å². The Kier molecular flexibility index (Phi) is 3.79. The molecule has 0 saturated carbocycles. The van der Waals surface area contributed by atoms with Gasteiger partial charge in [-0.1, -0.05) is 29.1 Å². The predicted octanol–water partition coefficient (Wildman–Crippen LogP) is 3.46. The first-order valence-corrected chi connectivity index (χ1v) is 4.82. The highest BCUT2D eigenvalue weighted by molar-refractivity contribution is 8.06. The van der Waals surface area contributed by atoms with E-state index in [1.165, 1.54) is 0 Å². The van der Waals surface area contributed by atoms with E-state index >= 15 is 0 Å². The predicted molar refractivity (Wildman–Crippen MR) is 37.0 cm³/mol. The van der Waals surface area contributed by atoms with Gasteiger partial charge in [0, 0.05) is 5.31 Å². The van der Waals surface area contributed by atoms with Crippen molar-refractivity contribution in [2.75, 3.05) is 0 Å². The summed E-state index contributed by atoms with van der Waals surface area (Å²) in [5.74, 6) is 0. The molecule has 0 atom stereocenters. The van der Waals surface area contributed by atoms with Crippen LogP contribution in [0.15, 0.2) is 17.6 Å². The highest BCUT2D eigenvalue weighted by atomic mass is 35.9. The molecule has 0 aromatic rings. The van der Waals surface area contributed by atoms with Gasteiger partial charge in [-0.15, -0.1) is 5.73 Å². The maximum Gasteiger partial charge on any atom is 0.120 e. The van der Waals surface area contributed by atoms with Crippen LogP contribution in [0.3, 0.4) is 0 Å². The summed E-state index contributed by atoms with van der Waals surface area (Å²) in [5.41, 5.74) is 2.60. The number of hydrogen-bond acceptors (Lipinski definition) is 0. The molecule has 0 fully saturated rings. The average Bonchev–Trinajstić information content (AvgIpc) is 1.65.